The van der Waals surface area contributed by atoms with Crippen molar-refractivity contribution in [3.05, 3.63) is 42.1 Å². The standard InChI is InChI=1S/C18H27N3/c1-13(18(2,3)4)21(5)16(12-19)15-10-6-8-14-9-7-11-20-17(14)15/h6-11,13,16H,12,19H2,1-5H3. The third-order valence-corrected chi connectivity index (χ3v) is 4.60. The largest absolute Gasteiger partial charge is 0.329 e. The van der Waals surface area contributed by atoms with E-state index in [9.17, 15) is 0 Å². The molecule has 0 amide bonds. The van der Waals surface area contributed by atoms with Crippen molar-refractivity contribution in [3.63, 3.8) is 0 Å². The number of hydrogen-bond acceptors (Lipinski definition) is 3. The number of hydrogen-bond donors (Lipinski definition) is 1. The minimum atomic E-state index is 0.179. The quantitative estimate of drug-likeness (QED) is 0.933. The molecule has 2 unspecified atom stereocenters. The summed E-state index contributed by atoms with van der Waals surface area (Å²) >= 11 is 0. The molecule has 2 atom stereocenters. The van der Waals surface area contributed by atoms with Crippen LogP contribution < -0.4 is 5.73 Å². The van der Waals surface area contributed by atoms with Gasteiger partial charge in [-0.25, -0.2) is 0 Å². The summed E-state index contributed by atoms with van der Waals surface area (Å²) in [6, 6.07) is 11.0. The Hall–Kier alpha value is -1.45. The van der Waals surface area contributed by atoms with Crippen LogP contribution in [0.2, 0.25) is 0 Å². The van der Waals surface area contributed by atoms with E-state index in [1.165, 1.54) is 10.9 Å². The predicted octanol–water partition coefficient (Wildman–Crippen LogP) is 3.60. The summed E-state index contributed by atoms with van der Waals surface area (Å²) in [5.41, 5.74) is 8.59. The number of likely N-dealkylation sites (N-methyl/N-ethyl adjacent to an activating group) is 1. The number of nitrogens with two attached hydrogens (primary N) is 1. The molecule has 3 heteroatoms. The summed E-state index contributed by atoms with van der Waals surface area (Å²) in [6.07, 6.45) is 1.85. The summed E-state index contributed by atoms with van der Waals surface area (Å²) in [5, 5.41) is 1.17. The highest BCUT2D eigenvalue weighted by Crippen LogP contribution is 2.31. The molecule has 0 aliphatic heterocycles. The minimum absolute atomic E-state index is 0.179. The number of aromatic nitrogens is 1. The van der Waals surface area contributed by atoms with E-state index >= 15 is 0 Å². The van der Waals surface area contributed by atoms with Crippen LogP contribution in [0.1, 0.15) is 39.3 Å². The van der Waals surface area contributed by atoms with Crippen molar-refractivity contribution in [2.45, 2.75) is 39.8 Å². The van der Waals surface area contributed by atoms with Gasteiger partial charge < -0.3 is 5.73 Å². The number of para-hydroxylation sites is 1. The molecule has 2 aromatic rings. The summed E-state index contributed by atoms with van der Waals surface area (Å²) in [6.45, 7) is 9.66. The van der Waals surface area contributed by atoms with Crippen LogP contribution in [0.3, 0.4) is 0 Å². The van der Waals surface area contributed by atoms with Gasteiger partial charge in [-0.2, -0.15) is 0 Å². The van der Waals surface area contributed by atoms with E-state index in [1.807, 2.05) is 12.3 Å². The van der Waals surface area contributed by atoms with Crippen molar-refractivity contribution in [3.8, 4) is 0 Å². The molecule has 2 rings (SSSR count). The number of fused-ring (bicyclic) bond motifs is 1. The molecule has 1 aromatic carbocycles. The fraction of sp³-hybridized carbons (Fsp3) is 0.500. The Labute approximate surface area is 128 Å². The van der Waals surface area contributed by atoms with E-state index in [-0.39, 0.29) is 11.5 Å². The average molecular weight is 285 g/mol. The van der Waals surface area contributed by atoms with Crippen LogP contribution >= 0.6 is 0 Å². The Bertz CT molecular complexity index is 595. The number of benzene rings is 1. The Morgan fingerprint density at radius 2 is 1.86 bits per heavy atom. The van der Waals surface area contributed by atoms with Gasteiger partial charge in [0.1, 0.15) is 0 Å². The molecule has 0 aliphatic carbocycles. The van der Waals surface area contributed by atoms with Gasteiger partial charge >= 0.3 is 0 Å². The summed E-state index contributed by atoms with van der Waals surface area (Å²) in [7, 11) is 2.16. The molecule has 2 N–H and O–H groups in total. The van der Waals surface area contributed by atoms with Crippen LogP contribution in [0.4, 0.5) is 0 Å². The van der Waals surface area contributed by atoms with Crippen LogP contribution in [-0.4, -0.2) is 29.5 Å². The van der Waals surface area contributed by atoms with E-state index in [2.05, 4.69) is 68.9 Å². The molecule has 0 fully saturated rings. The minimum Gasteiger partial charge on any atom is -0.329 e. The normalized spacial score (nSPS) is 15.4. The van der Waals surface area contributed by atoms with Crippen molar-refractivity contribution >= 4 is 10.9 Å². The lowest BCUT2D eigenvalue weighted by Crippen LogP contribution is -2.43. The van der Waals surface area contributed by atoms with Gasteiger partial charge in [-0.1, -0.05) is 45.0 Å². The SMILES string of the molecule is CC(N(C)C(CN)c1cccc2cccnc12)C(C)(C)C. The fourth-order valence-electron chi connectivity index (χ4n) is 2.79. The highest BCUT2D eigenvalue weighted by atomic mass is 15.2. The van der Waals surface area contributed by atoms with Crippen LogP contribution in [-0.2, 0) is 0 Å². The first-order valence-corrected chi connectivity index (χ1v) is 7.62. The van der Waals surface area contributed by atoms with Crippen LogP contribution in [0, 0.1) is 5.41 Å². The first-order valence-electron chi connectivity index (χ1n) is 7.62. The van der Waals surface area contributed by atoms with Gasteiger partial charge in [0.05, 0.1) is 5.52 Å². The maximum Gasteiger partial charge on any atom is 0.0750 e. The number of nitrogens with zero attached hydrogens (tertiary/aromatic N) is 2. The third-order valence-electron chi connectivity index (χ3n) is 4.60. The molecule has 114 valence electrons. The Kier molecular flexibility index (Phi) is 4.64. The van der Waals surface area contributed by atoms with E-state index in [1.54, 1.807) is 0 Å². The van der Waals surface area contributed by atoms with E-state index in [0.29, 0.717) is 12.6 Å². The lowest BCUT2D eigenvalue weighted by atomic mass is 9.85. The first kappa shape index (κ1) is 15.9. The Morgan fingerprint density at radius 3 is 2.48 bits per heavy atom. The topological polar surface area (TPSA) is 42.1 Å². The Balaban J connectivity index is 2.45. The van der Waals surface area contributed by atoms with Crippen molar-refractivity contribution in [2.75, 3.05) is 13.6 Å². The second kappa shape index (κ2) is 6.12. The molecule has 0 saturated heterocycles. The molecule has 0 aliphatic rings. The van der Waals surface area contributed by atoms with Crippen molar-refractivity contribution < 1.29 is 0 Å². The van der Waals surface area contributed by atoms with E-state index in [4.69, 9.17) is 5.73 Å². The van der Waals surface area contributed by atoms with Crippen LogP contribution in [0.5, 0.6) is 0 Å². The lowest BCUT2D eigenvalue weighted by molar-refractivity contribution is 0.101. The summed E-state index contributed by atoms with van der Waals surface area (Å²) in [5.74, 6) is 0. The van der Waals surface area contributed by atoms with E-state index < -0.39 is 0 Å². The van der Waals surface area contributed by atoms with Gasteiger partial charge in [0.15, 0.2) is 0 Å². The second-order valence-corrected chi connectivity index (χ2v) is 6.88. The van der Waals surface area contributed by atoms with Gasteiger partial charge in [0, 0.05) is 30.2 Å². The fourth-order valence-corrected chi connectivity index (χ4v) is 2.79. The highest BCUT2D eigenvalue weighted by Gasteiger charge is 2.29. The molecule has 1 aromatic heterocycles. The Morgan fingerprint density at radius 1 is 1.19 bits per heavy atom. The number of pyridine rings is 1. The molecule has 21 heavy (non-hydrogen) atoms. The van der Waals surface area contributed by atoms with Gasteiger partial charge in [-0.15, -0.1) is 0 Å². The van der Waals surface area contributed by atoms with Gasteiger partial charge in [-0.05, 0) is 31.0 Å². The third kappa shape index (κ3) is 3.25. The van der Waals surface area contributed by atoms with Crippen molar-refractivity contribution in [2.24, 2.45) is 11.1 Å². The smallest absolute Gasteiger partial charge is 0.0750 e. The van der Waals surface area contributed by atoms with Crippen molar-refractivity contribution in [1.82, 2.24) is 9.88 Å². The van der Waals surface area contributed by atoms with Gasteiger partial charge in [0.2, 0.25) is 0 Å². The van der Waals surface area contributed by atoms with Crippen LogP contribution in [0.15, 0.2) is 36.5 Å². The first-order chi connectivity index (χ1) is 9.86. The predicted molar refractivity (Wildman–Crippen MR) is 90.2 cm³/mol. The molecule has 0 saturated carbocycles. The summed E-state index contributed by atoms with van der Waals surface area (Å²) in [4.78, 5) is 6.95. The average Bonchev–Trinajstić information content (AvgIpc) is 2.46. The number of rotatable bonds is 4. The lowest BCUT2D eigenvalue weighted by Gasteiger charge is -2.40. The molecular weight excluding hydrogens is 258 g/mol. The molecule has 3 nitrogen and oxygen atoms in total. The maximum absolute atomic E-state index is 6.11. The maximum atomic E-state index is 6.11. The van der Waals surface area contributed by atoms with E-state index in [0.717, 1.165) is 5.52 Å². The zero-order valence-electron chi connectivity index (χ0n) is 13.8. The monoisotopic (exact) mass is 285 g/mol. The molecular formula is C18H27N3. The molecule has 0 bridgehead atoms. The zero-order chi connectivity index (χ0) is 15.6. The second-order valence-electron chi connectivity index (χ2n) is 6.88. The highest BCUT2D eigenvalue weighted by molar-refractivity contribution is 5.82. The molecule has 1 heterocycles. The zero-order valence-corrected chi connectivity index (χ0v) is 13.8. The van der Waals surface area contributed by atoms with Crippen LogP contribution in [0.25, 0.3) is 10.9 Å². The summed E-state index contributed by atoms with van der Waals surface area (Å²) < 4.78 is 0. The molecule has 0 spiro atoms. The van der Waals surface area contributed by atoms with Gasteiger partial charge in [0.25, 0.3) is 0 Å². The molecule has 0 radical (unpaired) electrons. The van der Waals surface area contributed by atoms with Crippen molar-refractivity contribution in [1.29, 1.82) is 0 Å². The van der Waals surface area contributed by atoms with Gasteiger partial charge in [-0.3, -0.25) is 9.88 Å².